The molecule has 2 rings (SSSR count). The van der Waals surface area contributed by atoms with Crippen molar-refractivity contribution < 1.29 is 0 Å². The highest BCUT2D eigenvalue weighted by atomic mass is 15.0. The molecule has 0 radical (unpaired) electrons. The second kappa shape index (κ2) is 4.46. The third-order valence-corrected chi connectivity index (χ3v) is 3.14. The van der Waals surface area contributed by atoms with Gasteiger partial charge < -0.3 is 5.32 Å². The third kappa shape index (κ3) is 2.37. The van der Waals surface area contributed by atoms with E-state index in [-0.39, 0.29) is 0 Å². The number of rotatable bonds is 4. The molecule has 0 saturated heterocycles. The lowest BCUT2D eigenvalue weighted by Crippen LogP contribution is -2.18. The van der Waals surface area contributed by atoms with E-state index in [0.717, 1.165) is 23.6 Å². The van der Waals surface area contributed by atoms with Crippen molar-refractivity contribution in [3.63, 3.8) is 0 Å². The molecule has 78 valence electrons. The smallest absolute Gasteiger partial charge is 0.0995 e. The zero-order valence-corrected chi connectivity index (χ0v) is 9.03. The van der Waals surface area contributed by atoms with Crippen LogP contribution in [0.2, 0.25) is 0 Å². The zero-order valence-electron chi connectivity index (χ0n) is 9.03. The van der Waals surface area contributed by atoms with Crippen LogP contribution in [0.15, 0.2) is 24.3 Å². The zero-order chi connectivity index (χ0) is 10.7. The van der Waals surface area contributed by atoms with Gasteiger partial charge in [-0.3, -0.25) is 0 Å². The first kappa shape index (κ1) is 10.2. The molecule has 2 atom stereocenters. The van der Waals surface area contributed by atoms with E-state index >= 15 is 0 Å². The Morgan fingerprint density at radius 1 is 1.47 bits per heavy atom. The van der Waals surface area contributed by atoms with E-state index in [9.17, 15) is 0 Å². The molecule has 1 aliphatic carbocycles. The summed E-state index contributed by atoms with van der Waals surface area (Å²) >= 11 is 0. The van der Waals surface area contributed by atoms with Crippen molar-refractivity contribution in [1.29, 1.82) is 5.26 Å². The molecule has 1 aromatic rings. The molecule has 0 aromatic heterocycles. The first-order valence-electron chi connectivity index (χ1n) is 5.56. The molecule has 1 aliphatic rings. The van der Waals surface area contributed by atoms with Crippen molar-refractivity contribution in [1.82, 2.24) is 5.32 Å². The van der Waals surface area contributed by atoms with Crippen LogP contribution in [0.3, 0.4) is 0 Å². The Morgan fingerprint density at radius 3 is 2.93 bits per heavy atom. The van der Waals surface area contributed by atoms with Gasteiger partial charge >= 0.3 is 0 Å². The Kier molecular flexibility index (Phi) is 3.03. The minimum Gasteiger partial charge on any atom is -0.310 e. The molecule has 1 fully saturated rings. The third-order valence-electron chi connectivity index (χ3n) is 3.14. The maximum absolute atomic E-state index is 8.92. The quantitative estimate of drug-likeness (QED) is 0.810. The maximum atomic E-state index is 8.92. The summed E-state index contributed by atoms with van der Waals surface area (Å²) in [4.78, 5) is 0. The van der Waals surface area contributed by atoms with Crippen LogP contribution in [0.25, 0.3) is 0 Å². The highest BCUT2D eigenvalue weighted by Crippen LogP contribution is 2.33. The Bertz CT molecular complexity index is 378. The molecule has 1 aromatic carbocycles. The van der Waals surface area contributed by atoms with Crippen molar-refractivity contribution in [2.45, 2.75) is 32.4 Å². The summed E-state index contributed by atoms with van der Waals surface area (Å²) in [6, 6.07) is 10.7. The van der Waals surface area contributed by atoms with E-state index in [0.29, 0.717) is 6.04 Å². The maximum Gasteiger partial charge on any atom is 0.0995 e. The summed E-state index contributed by atoms with van der Waals surface area (Å²) in [5.41, 5.74) is 1.90. The summed E-state index contributed by atoms with van der Waals surface area (Å²) in [7, 11) is 0. The molecule has 0 amide bonds. The molecule has 2 unspecified atom stereocenters. The van der Waals surface area contributed by atoms with E-state index in [2.05, 4.69) is 18.3 Å². The highest BCUT2D eigenvalue weighted by molar-refractivity contribution is 5.37. The molecular formula is C13H16N2. The Morgan fingerprint density at radius 2 is 2.27 bits per heavy atom. The van der Waals surface area contributed by atoms with Gasteiger partial charge in [0.1, 0.15) is 0 Å². The summed E-state index contributed by atoms with van der Waals surface area (Å²) in [6.07, 6.45) is 2.56. The Hall–Kier alpha value is -1.33. The van der Waals surface area contributed by atoms with Gasteiger partial charge in [-0.05, 0) is 24.0 Å². The molecule has 0 aliphatic heterocycles. The molecule has 15 heavy (non-hydrogen) atoms. The standard InChI is InChI=1S/C13H16N2/c1-2-10-7-13(10)15-9-12-6-4-3-5-11(12)8-14/h3-6,10,13,15H,2,7,9H2,1H3. The van der Waals surface area contributed by atoms with Gasteiger partial charge in [-0.25, -0.2) is 0 Å². The first-order chi connectivity index (χ1) is 7.35. The van der Waals surface area contributed by atoms with E-state index in [1.165, 1.54) is 12.8 Å². The van der Waals surface area contributed by atoms with Crippen LogP contribution in [0.5, 0.6) is 0 Å². The predicted molar refractivity (Wildman–Crippen MR) is 60.2 cm³/mol. The molecule has 2 heteroatoms. The molecule has 1 N–H and O–H groups in total. The molecule has 0 bridgehead atoms. The second-order valence-corrected chi connectivity index (χ2v) is 4.16. The van der Waals surface area contributed by atoms with Gasteiger partial charge in [-0.1, -0.05) is 31.5 Å². The molecule has 2 nitrogen and oxygen atoms in total. The average molecular weight is 200 g/mol. The van der Waals surface area contributed by atoms with E-state index in [1.807, 2.05) is 24.3 Å². The highest BCUT2D eigenvalue weighted by Gasteiger charge is 2.34. The summed E-state index contributed by atoms with van der Waals surface area (Å²) in [5.74, 6) is 0.860. The topological polar surface area (TPSA) is 35.8 Å². The molecule has 1 saturated carbocycles. The number of nitrogens with zero attached hydrogens (tertiary/aromatic N) is 1. The molecule has 0 spiro atoms. The molecular weight excluding hydrogens is 184 g/mol. The predicted octanol–water partition coefficient (Wildman–Crippen LogP) is 2.45. The van der Waals surface area contributed by atoms with Gasteiger partial charge in [0.25, 0.3) is 0 Å². The number of hydrogen-bond acceptors (Lipinski definition) is 2. The fourth-order valence-electron chi connectivity index (χ4n) is 1.97. The van der Waals surface area contributed by atoms with Crippen LogP contribution in [0, 0.1) is 17.2 Å². The van der Waals surface area contributed by atoms with Crippen molar-refractivity contribution >= 4 is 0 Å². The summed E-state index contributed by atoms with van der Waals surface area (Å²) < 4.78 is 0. The van der Waals surface area contributed by atoms with Gasteiger partial charge in [-0.15, -0.1) is 0 Å². The summed E-state index contributed by atoms with van der Waals surface area (Å²) in [5, 5.41) is 12.4. The lowest BCUT2D eigenvalue weighted by Gasteiger charge is -2.05. The van der Waals surface area contributed by atoms with Gasteiger partial charge in [0.2, 0.25) is 0 Å². The van der Waals surface area contributed by atoms with Gasteiger partial charge in [-0.2, -0.15) is 5.26 Å². The first-order valence-corrected chi connectivity index (χ1v) is 5.56. The van der Waals surface area contributed by atoms with Gasteiger partial charge in [0.15, 0.2) is 0 Å². The minimum absolute atomic E-state index is 0.682. The van der Waals surface area contributed by atoms with Gasteiger partial charge in [0.05, 0.1) is 11.6 Å². The van der Waals surface area contributed by atoms with Crippen LogP contribution >= 0.6 is 0 Å². The fraction of sp³-hybridized carbons (Fsp3) is 0.462. The lowest BCUT2D eigenvalue weighted by molar-refractivity contribution is 0.623. The number of nitrogens with one attached hydrogen (secondary N) is 1. The van der Waals surface area contributed by atoms with Crippen molar-refractivity contribution in [2.24, 2.45) is 5.92 Å². The fourth-order valence-corrected chi connectivity index (χ4v) is 1.97. The van der Waals surface area contributed by atoms with Crippen molar-refractivity contribution in [2.75, 3.05) is 0 Å². The minimum atomic E-state index is 0.682. The largest absolute Gasteiger partial charge is 0.310 e. The number of hydrogen-bond donors (Lipinski definition) is 1. The van der Waals surface area contributed by atoms with Crippen LogP contribution in [0.4, 0.5) is 0 Å². The normalized spacial score (nSPS) is 23.5. The SMILES string of the molecule is CCC1CC1NCc1ccccc1C#N. The van der Waals surface area contributed by atoms with Crippen LogP contribution in [-0.2, 0) is 6.54 Å². The monoisotopic (exact) mass is 200 g/mol. The van der Waals surface area contributed by atoms with Crippen LogP contribution in [0.1, 0.15) is 30.9 Å². The number of benzene rings is 1. The van der Waals surface area contributed by atoms with Gasteiger partial charge in [0, 0.05) is 12.6 Å². The lowest BCUT2D eigenvalue weighted by atomic mass is 10.1. The van der Waals surface area contributed by atoms with E-state index in [1.54, 1.807) is 0 Å². The Labute approximate surface area is 90.9 Å². The van der Waals surface area contributed by atoms with E-state index < -0.39 is 0 Å². The average Bonchev–Trinajstić information content (AvgIpc) is 3.05. The van der Waals surface area contributed by atoms with E-state index in [4.69, 9.17) is 5.26 Å². The second-order valence-electron chi connectivity index (χ2n) is 4.16. The molecule has 0 heterocycles. The summed E-state index contributed by atoms with van der Waals surface area (Å²) in [6.45, 7) is 3.06. The van der Waals surface area contributed by atoms with Crippen LogP contribution in [-0.4, -0.2) is 6.04 Å². The number of nitriles is 1. The van der Waals surface area contributed by atoms with Crippen molar-refractivity contribution in [3.05, 3.63) is 35.4 Å². The Balaban J connectivity index is 1.91. The van der Waals surface area contributed by atoms with Crippen LogP contribution < -0.4 is 5.32 Å². The van der Waals surface area contributed by atoms with Crippen molar-refractivity contribution in [3.8, 4) is 6.07 Å².